The van der Waals surface area contributed by atoms with Gasteiger partial charge in [-0.05, 0) is 12.5 Å². The molecule has 2 aromatic heterocycles. The van der Waals surface area contributed by atoms with Crippen LogP contribution in [0.25, 0.3) is 10.8 Å². The smallest absolute Gasteiger partial charge is 0.274 e. The first kappa shape index (κ1) is 14.6. The maximum atomic E-state index is 12.7. The topological polar surface area (TPSA) is 81.8 Å². The van der Waals surface area contributed by atoms with E-state index in [4.69, 9.17) is 0 Å². The summed E-state index contributed by atoms with van der Waals surface area (Å²) in [5, 5.41) is 8.29. The van der Waals surface area contributed by atoms with E-state index in [9.17, 15) is 9.59 Å². The molecule has 0 fully saturated rings. The summed E-state index contributed by atoms with van der Waals surface area (Å²) in [6.45, 7) is 0.699. The molecule has 1 aromatic carbocycles. The molecule has 1 amide bonds. The number of carbonyl (C=O) groups excluding carboxylic acids is 1. The number of amides is 1. The normalized spacial score (nSPS) is 16.8. The van der Waals surface area contributed by atoms with Gasteiger partial charge in [-0.3, -0.25) is 9.59 Å². The number of fused-ring (bicyclic) bond motifs is 2. The molecule has 1 aliphatic heterocycles. The molecular formula is C17H17N5O2. The van der Waals surface area contributed by atoms with E-state index < -0.39 is 0 Å². The maximum Gasteiger partial charge on any atom is 0.274 e. The second kappa shape index (κ2) is 5.59. The van der Waals surface area contributed by atoms with Crippen molar-refractivity contribution in [3.63, 3.8) is 0 Å². The first-order chi connectivity index (χ1) is 11.6. The van der Waals surface area contributed by atoms with Gasteiger partial charge in [0, 0.05) is 43.8 Å². The van der Waals surface area contributed by atoms with Crippen LogP contribution in [-0.4, -0.2) is 31.3 Å². The minimum absolute atomic E-state index is 0.0250. The summed E-state index contributed by atoms with van der Waals surface area (Å²) in [5.41, 5.74) is 0.0759. The predicted octanol–water partition coefficient (Wildman–Crippen LogP) is 0.875. The number of hydrogen-bond donors (Lipinski definition) is 1. The molecule has 1 N–H and O–H groups in total. The number of nitrogens with one attached hydrogen (secondary N) is 1. The van der Waals surface area contributed by atoms with Crippen LogP contribution in [0.5, 0.6) is 0 Å². The van der Waals surface area contributed by atoms with Crippen molar-refractivity contribution in [2.45, 2.75) is 25.4 Å². The molecule has 7 nitrogen and oxygen atoms in total. The van der Waals surface area contributed by atoms with E-state index in [2.05, 4.69) is 20.0 Å². The van der Waals surface area contributed by atoms with Crippen LogP contribution in [0.1, 0.15) is 22.7 Å². The molecule has 1 aliphatic rings. The SMILES string of the molecule is Cn1nc(C(=O)N[C@@H]2CCc3nccn3C2)c2ccccc2c1=O. The molecule has 122 valence electrons. The lowest BCUT2D eigenvalue weighted by atomic mass is 10.1. The maximum absolute atomic E-state index is 12.7. The molecule has 0 radical (unpaired) electrons. The number of nitrogens with zero attached hydrogens (tertiary/aromatic N) is 4. The van der Waals surface area contributed by atoms with Crippen LogP contribution in [-0.2, 0) is 20.0 Å². The second-order valence-corrected chi connectivity index (χ2v) is 6.03. The predicted molar refractivity (Wildman–Crippen MR) is 88.8 cm³/mol. The van der Waals surface area contributed by atoms with Crippen LogP contribution in [0.15, 0.2) is 41.5 Å². The van der Waals surface area contributed by atoms with Gasteiger partial charge in [0.2, 0.25) is 0 Å². The van der Waals surface area contributed by atoms with Crippen molar-refractivity contribution in [2.75, 3.05) is 0 Å². The zero-order valence-electron chi connectivity index (χ0n) is 13.3. The zero-order valence-corrected chi connectivity index (χ0v) is 13.3. The van der Waals surface area contributed by atoms with Crippen LogP contribution < -0.4 is 10.9 Å². The third-order valence-electron chi connectivity index (χ3n) is 4.44. The van der Waals surface area contributed by atoms with Crippen molar-refractivity contribution < 1.29 is 4.79 Å². The quantitative estimate of drug-likeness (QED) is 0.759. The fourth-order valence-electron chi connectivity index (χ4n) is 3.21. The Kier molecular flexibility index (Phi) is 3.41. The summed E-state index contributed by atoms with van der Waals surface area (Å²) in [7, 11) is 1.56. The monoisotopic (exact) mass is 323 g/mol. The summed E-state index contributed by atoms with van der Waals surface area (Å²) in [6.07, 6.45) is 5.38. The number of hydrogen-bond acceptors (Lipinski definition) is 4. The van der Waals surface area contributed by atoms with Crippen molar-refractivity contribution in [1.29, 1.82) is 0 Å². The third-order valence-corrected chi connectivity index (χ3v) is 4.44. The van der Waals surface area contributed by atoms with Gasteiger partial charge < -0.3 is 9.88 Å². The molecule has 0 saturated carbocycles. The van der Waals surface area contributed by atoms with Crippen LogP contribution in [0.4, 0.5) is 0 Å². The van der Waals surface area contributed by atoms with Crippen molar-refractivity contribution in [1.82, 2.24) is 24.6 Å². The molecule has 1 atom stereocenters. The molecule has 0 aliphatic carbocycles. The molecule has 7 heteroatoms. The van der Waals surface area contributed by atoms with E-state index in [0.29, 0.717) is 17.3 Å². The molecule has 0 saturated heterocycles. The van der Waals surface area contributed by atoms with Crippen molar-refractivity contribution in [3.8, 4) is 0 Å². The number of imidazole rings is 1. The Bertz CT molecular complexity index is 988. The summed E-state index contributed by atoms with van der Waals surface area (Å²) in [5.74, 6) is 0.793. The van der Waals surface area contributed by atoms with E-state index in [-0.39, 0.29) is 23.2 Å². The van der Waals surface area contributed by atoms with Gasteiger partial charge in [-0.15, -0.1) is 0 Å². The van der Waals surface area contributed by atoms with Crippen molar-refractivity contribution in [3.05, 3.63) is 58.5 Å². The fraction of sp³-hybridized carbons (Fsp3) is 0.294. The van der Waals surface area contributed by atoms with Gasteiger partial charge >= 0.3 is 0 Å². The first-order valence-corrected chi connectivity index (χ1v) is 7.90. The average Bonchev–Trinajstić information content (AvgIpc) is 3.06. The highest BCUT2D eigenvalue weighted by atomic mass is 16.2. The minimum atomic E-state index is -0.254. The fourth-order valence-corrected chi connectivity index (χ4v) is 3.21. The Hall–Kier alpha value is -2.96. The number of rotatable bonds is 2. The third kappa shape index (κ3) is 2.38. The standard InChI is InChI=1S/C17H17N5O2/c1-21-17(24)13-5-3-2-4-12(13)15(20-21)16(23)19-11-6-7-14-18-8-9-22(14)10-11/h2-5,8-9,11H,6-7,10H2,1H3,(H,19,23)/t11-/m1/s1. The molecular weight excluding hydrogens is 306 g/mol. The van der Waals surface area contributed by atoms with Crippen molar-refractivity contribution in [2.24, 2.45) is 7.05 Å². The largest absolute Gasteiger partial charge is 0.346 e. The summed E-state index contributed by atoms with van der Waals surface area (Å²) in [4.78, 5) is 29.2. The van der Waals surface area contributed by atoms with Gasteiger partial charge in [0.1, 0.15) is 5.82 Å². The Labute approximate surface area is 137 Å². The first-order valence-electron chi connectivity index (χ1n) is 7.90. The summed E-state index contributed by atoms with van der Waals surface area (Å²) in [6, 6.07) is 7.09. The van der Waals surface area contributed by atoms with Gasteiger partial charge in [-0.2, -0.15) is 5.10 Å². The number of carbonyl (C=O) groups is 1. The van der Waals surface area contributed by atoms with Crippen LogP contribution in [0.3, 0.4) is 0 Å². The minimum Gasteiger partial charge on any atom is -0.346 e. The molecule has 24 heavy (non-hydrogen) atoms. The number of aryl methyl sites for hydroxylation is 2. The van der Waals surface area contributed by atoms with E-state index in [1.54, 1.807) is 37.5 Å². The number of aromatic nitrogens is 4. The van der Waals surface area contributed by atoms with Gasteiger partial charge in [0.25, 0.3) is 11.5 Å². The lowest BCUT2D eigenvalue weighted by Crippen LogP contribution is -2.41. The highest BCUT2D eigenvalue weighted by Crippen LogP contribution is 2.16. The molecule has 0 spiro atoms. The highest BCUT2D eigenvalue weighted by Gasteiger charge is 2.23. The van der Waals surface area contributed by atoms with Crippen LogP contribution in [0, 0.1) is 0 Å². The molecule has 3 aromatic rings. The van der Waals surface area contributed by atoms with E-state index in [0.717, 1.165) is 18.7 Å². The second-order valence-electron chi connectivity index (χ2n) is 6.03. The van der Waals surface area contributed by atoms with Crippen LogP contribution in [0.2, 0.25) is 0 Å². The van der Waals surface area contributed by atoms with Gasteiger partial charge in [-0.25, -0.2) is 9.67 Å². The van der Waals surface area contributed by atoms with Gasteiger partial charge in [0.05, 0.1) is 5.39 Å². The molecule has 0 unspecified atom stereocenters. The zero-order chi connectivity index (χ0) is 16.7. The lowest BCUT2D eigenvalue weighted by molar-refractivity contribution is 0.0922. The molecule has 3 heterocycles. The van der Waals surface area contributed by atoms with E-state index >= 15 is 0 Å². The average molecular weight is 323 g/mol. The Morgan fingerprint density at radius 3 is 2.92 bits per heavy atom. The van der Waals surface area contributed by atoms with E-state index in [1.807, 2.05) is 6.20 Å². The Morgan fingerprint density at radius 1 is 1.29 bits per heavy atom. The summed E-state index contributed by atoms with van der Waals surface area (Å²) < 4.78 is 3.27. The van der Waals surface area contributed by atoms with Crippen molar-refractivity contribution >= 4 is 16.7 Å². The summed E-state index contributed by atoms with van der Waals surface area (Å²) >= 11 is 0. The Balaban J connectivity index is 1.65. The highest BCUT2D eigenvalue weighted by molar-refractivity contribution is 6.04. The van der Waals surface area contributed by atoms with E-state index in [1.165, 1.54) is 4.68 Å². The molecule has 4 rings (SSSR count). The van der Waals surface area contributed by atoms with Gasteiger partial charge in [0.15, 0.2) is 5.69 Å². The number of benzene rings is 1. The lowest BCUT2D eigenvalue weighted by Gasteiger charge is -2.24. The Morgan fingerprint density at radius 2 is 2.08 bits per heavy atom. The van der Waals surface area contributed by atoms with Crippen LogP contribution >= 0.6 is 0 Å². The molecule has 0 bridgehead atoms. The van der Waals surface area contributed by atoms with Gasteiger partial charge in [-0.1, -0.05) is 18.2 Å².